The molecule has 21 heavy (non-hydrogen) atoms. The lowest BCUT2D eigenvalue weighted by Crippen LogP contribution is -2.46. The molecular formula is C16H17ClN2O2. The Morgan fingerprint density at radius 2 is 2.00 bits per heavy atom. The molecule has 2 aromatic rings. The van der Waals surface area contributed by atoms with Gasteiger partial charge >= 0.3 is 0 Å². The van der Waals surface area contributed by atoms with E-state index in [-0.39, 0.29) is 5.91 Å². The Balaban J connectivity index is 1.95. The fourth-order valence-electron chi connectivity index (χ4n) is 1.74. The molecule has 110 valence electrons. The number of hydrogen-bond donors (Lipinski definition) is 1. The molecular weight excluding hydrogens is 288 g/mol. The van der Waals surface area contributed by atoms with Gasteiger partial charge in [0.1, 0.15) is 5.75 Å². The average molecular weight is 305 g/mol. The quantitative estimate of drug-likeness (QED) is 0.923. The van der Waals surface area contributed by atoms with Crippen LogP contribution in [0.15, 0.2) is 48.8 Å². The summed E-state index contributed by atoms with van der Waals surface area (Å²) < 4.78 is 5.72. The van der Waals surface area contributed by atoms with E-state index in [0.717, 1.165) is 5.56 Å². The van der Waals surface area contributed by atoms with Crippen molar-refractivity contribution >= 4 is 17.5 Å². The van der Waals surface area contributed by atoms with E-state index in [1.54, 1.807) is 50.5 Å². The summed E-state index contributed by atoms with van der Waals surface area (Å²) in [5, 5.41) is 3.47. The van der Waals surface area contributed by atoms with Crippen molar-refractivity contribution in [3.8, 4) is 5.75 Å². The molecule has 1 amide bonds. The van der Waals surface area contributed by atoms with Crippen molar-refractivity contribution in [2.45, 2.75) is 26.0 Å². The summed E-state index contributed by atoms with van der Waals surface area (Å²) in [5.74, 6) is 0.405. The highest BCUT2D eigenvalue weighted by Crippen LogP contribution is 2.21. The Bertz CT molecular complexity index is 597. The lowest BCUT2D eigenvalue weighted by Gasteiger charge is -2.25. The minimum absolute atomic E-state index is 0.193. The maximum atomic E-state index is 12.2. The number of rotatable bonds is 5. The van der Waals surface area contributed by atoms with Crippen LogP contribution in [0.1, 0.15) is 19.4 Å². The first-order valence-corrected chi connectivity index (χ1v) is 6.97. The molecule has 1 heterocycles. The Kier molecular flexibility index (Phi) is 4.81. The molecule has 0 unspecified atom stereocenters. The minimum Gasteiger partial charge on any atom is -0.478 e. The lowest BCUT2D eigenvalue weighted by atomic mass is 10.1. The number of carbonyl (C=O) groups is 1. The number of pyridine rings is 1. The summed E-state index contributed by atoms with van der Waals surface area (Å²) in [4.78, 5) is 16.2. The second-order valence-corrected chi connectivity index (χ2v) is 5.55. The monoisotopic (exact) mass is 304 g/mol. The van der Waals surface area contributed by atoms with Gasteiger partial charge in [0.05, 0.1) is 0 Å². The van der Waals surface area contributed by atoms with E-state index in [0.29, 0.717) is 17.3 Å². The maximum Gasteiger partial charge on any atom is 0.263 e. The second kappa shape index (κ2) is 6.59. The zero-order chi connectivity index (χ0) is 15.3. The van der Waals surface area contributed by atoms with E-state index in [9.17, 15) is 4.79 Å². The molecule has 0 saturated heterocycles. The van der Waals surface area contributed by atoms with Gasteiger partial charge in [0.25, 0.3) is 5.91 Å². The molecule has 2 rings (SSSR count). The second-order valence-electron chi connectivity index (χ2n) is 5.11. The molecule has 1 aromatic carbocycles. The fourth-order valence-corrected chi connectivity index (χ4v) is 1.87. The smallest absolute Gasteiger partial charge is 0.263 e. The Labute approximate surface area is 129 Å². The zero-order valence-electron chi connectivity index (χ0n) is 12.0. The van der Waals surface area contributed by atoms with Crippen LogP contribution < -0.4 is 10.1 Å². The van der Waals surface area contributed by atoms with Gasteiger partial charge in [-0.1, -0.05) is 17.7 Å². The number of ether oxygens (including phenoxy) is 1. The third kappa shape index (κ3) is 4.46. The standard InChI is InChI=1S/C16H17ClN2O2/c1-16(2,21-14-7-5-13(17)6-8-14)15(20)19-11-12-4-3-9-18-10-12/h3-10H,11H2,1-2H3,(H,19,20). The number of nitrogens with one attached hydrogen (secondary N) is 1. The van der Waals surface area contributed by atoms with Crippen LogP contribution in [-0.4, -0.2) is 16.5 Å². The molecule has 0 aliphatic heterocycles. The SMILES string of the molecule is CC(C)(Oc1ccc(Cl)cc1)C(=O)NCc1cccnc1. The van der Waals surface area contributed by atoms with Crippen LogP contribution in [0.25, 0.3) is 0 Å². The third-order valence-corrected chi connectivity index (χ3v) is 3.16. The van der Waals surface area contributed by atoms with Crippen molar-refractivity contribution in [2.24, 2.45) is 0 Å². The van der Waals surface area contributed by atoms with E-state index < -0.39 is 5.60 Å². The number of nitrogens with zero attached hydrogens (tertiary/aromatic N) is 1. The van der Waals surface area contributed by atoms with Gasteiger partial charge in [-0.2, -0.15) is 0 Å². The fraction of sp³-hybridized carbons (Fsp3) is 0.250. The topological polar surface area (TPSA) is 51.2 Å². The van der Waals surface area contributed by atoms with E-state index >= 15 is 0 Å². The van der Waals surface area contributed by atoms with Crippen LogP contribution in [0.5, 0.6) is 5.75 Å². The molecule has 1 aromatic heterocycles. The van der Waals surface area contributed by atoms with Crippen molar-refractivity contribution in [3.05, 3.63) is 59.4 Å². The van der Waals surface area contributed by atoms with Crippen molar-refractivity contribution in [2.75, 3.05) is 0 Å². The number of hydrogen-bond acceptors (Lipinski definition) is 3. The normalized spacial score (nSPS) is 11.0. The number of aromatic nitrogens is 1. The number of halogens is 1. The Hall–Kier alpha value is -2.07. The van der Waals surface area contributed by atoms with E-state index in [4.69, 9.17) is 16.3 Å². The predicted octanol–water partition coefficient (Wildman–Crippen LogP) is 3.21. The van der Waals surface area contributed by atoms with Gasteiger partial charge < -0.3 is 10.1 Å². The molecule has 0 saturated carbocycles. The molecule has 0 radical (unpaired) electrons. The van der Waals surface area contributed by atoms with E-state index in [1.165, 1.54) is 0 Å². The first-order valence-electron chi connectivity index (χ1n) is 6.59. The van der Waals surface area contributed by atoms with Crippen LogP contribution in [-0.2, 0) is 11.3 Å². The first-order chi connectivity index (χ1) is 9.97. The highest BCUT2D eigenvalue weighted by molar-refractivity contribution is 6.30. The molecule has 0 spiro atoms. The number of amides is 1. The summed E-state index contributed by atoms with van der Waals surface area (Å²) in [7, 11) is 0. The lowest BCUT2D eigenvalue weighted by molar-refractivity contribution is -0.134. The van der Waals surface area contributed by atoms with E-state index in [1.807, 2.05) is 12.1 Å². The summed E-state index contributed by atoms with van der Waals surface area (Å²) in [6.07, 6.45) is 3.41. The van der Waals surface area contributed by atoms with Crippen LogP contribution in [0.2, 0.25) is 5.02 Å². The van der Waals surface area contributed by atoms with Crippen LogP contribution in [0.3, 0.4) is 0 Å². The van der Waals surface area contributed by atoms with Gasteiger partial charge in [-0.05, 0) is 49.7 Å². The van der Waals surface area contributed by atoms with Gasteiger partial charge in [0.15, 0.2) is 5.60 Å². The number of carbonyl (C=O) groups excluding carboxylic acids is 1. The van der Waals surface area contributed by atoms with E-state index in [2.05, 4.69) is 10.3 Å². The Morgan fingerprint density at radius 3 is 2.62 bits per heavy atom. The number of benzene rings is 1. The molecule has 4 nitrogen and oxygen atoms in total. The summed E-state index contributed by atoms with van der Waals surface area (Å²) in [5.41, 5.74) is -0.0381. The summed E-state index contributed by atoms with van der Waals surface area (Å²) in [6.45, 7) is 3.86. The van der Waals surface area contributed by atoms with Crippen LogP contribution >= 0.6 is 11.6 Å². The highest BCUT2D eigenvalue weighted by Gasteiger charge is 2.29. The summed E-state index contributed by atoms with van der Waals surface area (Å²) in [6, 6.07) is 10.6. The van der Waals surface area contributed by atoms with Crippen LogP contribution in [0, 0.1) is 0 Å². The van der Waals surface area contributed by atoms with Gasteiger partial charge in [0.2, 0.25) is 0 Å². The molecule has 5 heteroatoms. The average Bonchev–Trinajstić information content (AvgIpc) is 2.48. The van der Waals surface area contributed by atoms with Gasteiger partial charge in [0, 0.05) is 24.0 Å². The molecule has 0 bridgehead atoms. The molecule has 0 atom stereocenters. The molecule has 0 aliphatic carbocycles. The maximum absolute atomic E-state index is 12.2. The largest absolute Gasteiger partial charge is 0.478 e. The molecule has 0 fully saturated rings. The van der Waals surface area contributed by atoms with Gasteiger partial charge in [-0.25, -0.2) is 0 Å². The minimum atomic E-state index is -0.976. The van der Waals surface area contributed by atoms with Gasteiger partial charge in [-0.3, -0.25) is 9.78 Å². The Morgan fingerprint density at radius 1 is 1.29 bits per heavy atom. The van der Waals surface area contributed by atoms with Gasteiger partial charge in [-0.15, -0.1) is 0 Å². The van der Waals surface area contributed by atoms with Crippen molar-refractivity contribution in [1.29, 1.82) is 0 Å². The zero-order valence-corrected chi connectivity index (χ0v) is 12.7. The molecule has 1 N–H and O–H groups in total. The van der Waals surface area contributed by atoms with Crippen molar-refractivity contribution in [3.63, 3.8) is 0 Å². The van der Waals surface area contributed by atoms with Crippen molar-refractivity contribution < 1.29 is 9.53 Å². The first kappa shape index (κ1) is 15.3. The van der Waals surface area contributed by atoms with Crippen LogP contribution in [0.4, 0.5) is 0 Å². The highest BCUT2D eigenvalue weighted by atomic mass is 35.5. The molecule has 0 aliphatic rings. The van der Waals surface area contributed by atoms with Crippen molar-refractivity contribution in [1.82, 2.24) is 10.3 Å². The predicted molar refractivity (Wildman–Crippen MR) is 82.2 cm³/mol. The third-order valence-electron chi connectivity index (χ3n) is 2.91. The summed E-state index contributed by atoms with van der Waals surface area (Å²) >= 11 is 5.82.